The van der Waals surface area contributed by atoms with E-state index in [1.54, 1.807) is 6.07 Å². The first-order chi connectivity index (χ1) is 11.5. The number of carbonyl (C=O) groups excluding carboxylic acids is 1. The summed E-state index contributed by atoms with van der Waals surface area (Å²) in [5, 5.41) is 6.34. The third-order valence-corrected chi connectivity index (χ3v) is 4.54. The maximum atomic E-state index is 12.5. The molecule has 1 aliphatic carbocycles. The van der Waals surface area contributed by atoms with E-state index in [4.69, 9.17) is 0 Å². The number of carbonyl (C=O) groups is 1. The van der Waals surface area contributed by atoms with Crippen molar-refractivity contribution in [3.05, 3.63) is 46.9 Å². The number of aryl methyl sites for hydroxylation is 3. The van der Waals surface area contributed by atoms with Gasteiger partial charge in [0, 0.05) is 17.8 Å². The summed E-state index contributed by atoms with van der Waals surface area (Å²) < 4.78 is 0. The number of hydrogen-bond acceptors (Lipinski definition) is 4. The molecule has 2 aromatic rings. The molecule has 0 atom stereocenters. The summed E-state index contributed by atoms with van der Waals surface area (Å²) >= 11 is 0. The first kappa shape index (κ1) is 16.4. The van der Waals surface area contributed by atoms with E-state index < -0.39 is 0 Å². The number of aromatic nitrogens is 2. The Balaban J connectivity index is 1.75. The highest BCUT2D eigenvalue weighted by molar-refractivity contribution is 6.03. The highest BCUT2D eigenvalue weighted by Gasteiger charge is 2.17. The van der Waals surface area contributed by atoms with Gasteiger partial charge in [-0.15, -0.1) is 0 Å². The van der Waals surface area contributed by atoms with Crippen LogP contribution in [-0.4, -0.2) is 21.9 Å². The molecule has 1 saturated carbocycles. The largest absolute Gasteiger partial charge is 0.367 e. The lowest BCUT2D eigenvalue weighted by atomic mass is 10.1. The number of nitrogens with zero attached hydrogens (tertiary/aromatic N) is 2. The van der Waals surface area contributed by atoms with Crippen LogP contribution in [0.25, 0.3) is 0 Å². The fraction of sp³-hybridized carbons (Fsp3) is 0.421. The number of anilines is 2. The normalized spacial score (nSPS) is 14.6. The van der Waals surface area contributed by atoms with Crippen LogP contribution in [0.2, 0.25) is 0 Å². The van der Waals surface area contributed by atoms with Gasteiger partial charge in [0.2, 0.25) is 0 Å². The van der Waals surface area contributed by atoms with Gasteiger partial charge in [-0.2, -0.15) is 0 Å². The van der Waals surface area contributed by atoms with Gasteiger partial charge in [-0.3, -0.25) is 4.79 Å². The van der Waals surface area contributed by atoms with Crippen LogP contribution in [0.4, 0.5) is 11.5 Å². The van der Waals surface area contributed by atoms with Crippen molar-refractivity contribution in [3.8, 4) is 0 Å². The lowest BCUT2D eigenvalue weighted by molar-refractivity contribution is 0.102. The standard InChI is InChI=1S/C19H24N4O/c1-12-8-9-16(10-13(12)2)23-19(24)17-11-18(21-14(3)20-17)22-15-6-4-5-7-15/h8-11,15H,4-7H2,1-3H3,(H,23,24)(H,20,21,22). The van der Waals surface area contributed by atoms with Crippen LogP contribution < -0.4 is 10.6 Å². The molecular formula is C19H24N4O. The van der Waals surface area contributed by atoms with Crippen molar-refractivity contribution >= 4 is 17.4 Å². The van der Waals surface area contributed by atoms with E-state index in [9.17, 15) is 4.79 Å². The highest BCUT2D eigenvalue weighted by Crippen LogP contribution is 2.22. The molecule has 1 amide bonds. The van der Waals surface area contributed by atoms with E-state index >= 15 is 0 Å². The maximum Gasteiger partial charge on any atom is 0.274 e. The van der Waals surface area contributed by atoms with Gasteiger partial charge < -0.3 is 10.6 Å². The number of amides is 1. The fourth-order valence-corrected chi connectivity index (χ4v) is 3.05. The molecule has 0 spiro atoms. The predicted octanol–water partition coefficient (Wildman–Crippen LogP) is 4.01. The summed E-state index contributed by atoms with van der Waals surface area (Å²) in [6.07, 6.45) is 4.82. The molecule has 24 heavy (non-hydrogen) atoms. The van der Waals surface area contributed by atoms with Crippen LogP contribution >= 0.6 is 0 Å². The van der Waals surface area contributed by atoms with Crippen LogP contribution in [0.3, 0.4) is 0 Å². The van der Waals surface area contributed by atoms with E-state index in [0.29, 0.717) is 17.6 Å². The highest BCUT2D eigenvalue weighted by atomic mass is 16.1. The molecule has 0 aliphatic heterocycles. The summed E-state index contributed by atoms with van der Waals surface area (Å²) in [6.45, 7) is 5.89. The zero-order chi connectivity index (χ0) is 17.1. The predicted molar refractivity (Wildman–Crippen MR) is 96.5 cm³/mol. The van der Waals surface area contributed by atoms with Gasteiger partial charge in [0.15, 0.2) is 0 Å². The topological polar surface area (TPSA) is 66.9 Å². The first-order valence-corrected chi connectivity index (χ1v) is 8.52. The van der Waals surface area contributed by atoms with Crippen molar-refractivity contribution in [1.82, 2.24) is 9.97 Å². The van der Waals surface area contributed by atoms with Crippen molar-refractivity contribution in [1.29, 1.82) is 0 Å². The molecule has 126 valence electrons. The minimum Gasteiger partial charge on any atom is -0.367 e. The molecule has 5 nitrogen and oxygen atoms in total. The average molecular weight is 324 g/mol. The zero-order valence-electron chi connectivity index (χ0n) is 14.5. The molecule has 1 heterocycles. The van der Waals surface area contributed by atoms with E-state index in [-0.39, 0.29) is 5.91 Å². The van der Waals surface area contributed by atoms with E-state index in [1.165, 1.54) is 18.4 Å². The molecule has 5 heteroatoms. The van der Waals surface area contributed by atoms with Gasteiger partial charge in [0.1, 0.15) is 17.3 Å². The Hall–Kier alpha value is -2.43. The Morgan fingerprint density at radius 3 is 2.50 bits per heavy atom. The lowest BCUT2D eigenvalue weighted by Crippen LogP contribution is -2.19. The van der Waals surface area contributed by atoms with E-state index in [0.717, 1.165) is 29.9 Å². The SMILES string of the molecule is Cc1nc(NC2CCCC2)cc(C(=O)Nc2ccc(C)c(C)c2)n1. The second-order valence-corrected chi connectivity index (χ2v) is 6.56. The third-order valence-electron chi connectivity index (χ3n) is 4.54. The summed E-state index contributed by atoms with van der Waals surface area (Å²) in [5.41, 5.74) is 3.52. The Kier molecular flexibility index (Phi) is 4.79. The molecule has 1 fully saturated rings. The molecule has 2 N–H and O–H groups in total. The van der Waals surface area contributed by atoms with Gasteiger partial charge in [-0.05, 0) is 56.9 Å². The molecule has 0 unspecified atom stereocenters. The van der Waals surface area contributed by atoms with Gasteiger partial charge >= 0.3 is 0 Å². The monoisotopic (exact) mass is 324 g/mol. The summed E-state index contributed by atoms with van der Waals surface area (Å²) in [5.74, 6) is 1.13. The minimum atomic E-state index is -0.210. The Morgan fingerprint density at radius 2 is 1.79 bits per heavy atom. The second kappa shape index (κ2) is 6.99. The summed E-state index contributed by atoms with van der Waals surface area (Å²) in [4.78, 5) is 21.2. The number of benzene rings is 1. The van der Waals surface area contributed by atoms with Gasteiger partial charge in [0.05, 0.1) is 0 Å². The quantitative estimate of drug-likeness (QED) is 0.892. The molecule has 1 aliphatic rings. The van der Waals surface area contributed by atoms with Crippen molar-refractivity contribution in [2.24, 2.45) is 0 Å². The Bertz CT molecular complexity index is 751. The van der Waals surface area contributed by atoms with Crippen molar-refractivity contribution in [3.63, 3.8) is 0 Å². The van der Waals surface area contributed by atoms with Gasteiger partial charge in [0.25, 0.3) is 5.91 Å². The van der Waals surface area contributed by atoms with Crippen molar-refractivity contribution in [2.45, 2.75) is 52.5 Å². The fourth-order valence-electron chi connectivity index (χ4n) is 3.05. The zero-order valence-corrected chi connectivity index (χ0v) is 14.5. The maximum absolute atomic E-state index is 12.5. The van der Waals surface area contributed by atoms with Crippen LogP contribution in [0.15, 0.2) is 24.3 Å². The summed E-state index contributed by atoms with van der Waals surface area (Å²) in [7, 11) is 0. The van der Waals surface area contributed by atoms with E-state index in [1.807, 2.05) is 32.0 Å². The Labute approximate surface area is 142 Å². The van der Waals surface area contributed by atoms with Crippen molar-refractivity contribution < 1.29 is 4.79 Å². The number of rotatable bonds is 4. The van der Waals surface area contributed by atoms with E-state index in [2.05, 4.69) is 27.5 Å². The van der Waals surface area contributed by atoms with Crippen LogP contribution in [0.1, 0.15) is 53.1 Å². The first-order valence-electron chi connectivity index (χ1n) is 8.52. The molecular weight excluding hydrogens is 300 g/mol. The smallest absolute Gasteiger partial charge is 0.274 e. The van der Waals surface area contributed by atoms with Gasteiger partial charge in [-0.25, -0.2) is 9.97 Å². The molecule has 0 radical (unpaired) electrons. The summed E-state index contributed by atoms with van der Waals surface area (Å²) in [6, 6.07) is 8.07. The second-order valence-electron chi connectivity index (χ2n) is 6.56. The molecule has 0 saturated heterocycles. The third kappa shape index (κ3) is 3.91. The molecule has 1 aromatic heterocycles. The van der Waals surface area contributed by atoms with Crippen LogP contribution in [0.5, 0.6) is 0 Å². The van der Waals surface area contributed by atoms with Crippen molar-refractivity contribution in [2.75, 3.05) is 10.6 Å². The lowest BCUT2D eigenvalue weighted by Gasteiger charge is -2.14. The number of hydrogen-bond donors (Lipinski definition) is 2. The average Bonchev–Trinajstić information content (AvgIpc) is 3.03. The molecule has 3 rings (SSSR count). The van der Waals surface area contributed by atoms with Crippen LogP contribution in [0, 0.1) is 20.8 Å². The molecule has 0 bridgehead atoms. The minimum absolute atomic E-state index is 0.210. The van der Waals surface area contributed by atoms with Gasteiger partial charge in [-0.1, -0.05) is 18.9 Å². The van der Waals surface area contributed by atoms with Crippen LogP contribution in [-0.2, 0) is 0 Å². The molecule has 1 aromatic carbocycles. The Morgan fingerprint density at radius 1 is 1.04 bits per heavy atom. The number of nitrogens with one attached hydrogen (secondary N) is 2.